The maximum Gasteiger partial charge on any atom is 0.112 e. The number of aromatic nitrogens is 1. The summed E-state index contributed by atoms with van der Waals surface area (Å²) >= 11 is 0. The van der Waals surface area contributed by atoms with Gasteiger partial charge in [0.25, 0.3) is 0 Å². The van der Waals surface area contributed by atoms with Crippen LogP contribution in [0.1, 0.15) is 22.9 Å². The highest BCUT2D eigenvalue weighted by atomic mass is 15.2. The molecule has 0 amide bonds. The summed E-state index contributed by atoms with van der Waals surface area (Å²) in [6, 6.07) is 42.9. The van der Waals surface area contributed by atoms with E-state index < -0.39 is 0 Å². The van der Waals surface area contributed by atoms with Crippen molar-refractivity contribution in [3.63, 3.8) is 0 Å². The fraction of sp³-hybridized carbons (Fsp3) is 0.0968. The summed E-state index contributed by atoms with van der Waals surface area (Å²) in [5.41, 5.74) is 6.01. The minimum Gasteiger partial charge on any atom is -0.329 e. The van der Waals surface area contributed by atoms with E-state index in [4.69, 9.17) is 0 Å². The predicted octanol–water partition coefficient (Wildman–Crippen LogP) is 6.66. The van der Waals surface area contributed by atoms with Crippen LogP contribution in [0.2, 0.25) is 0 Å². The molecule has 0 bridgehead atoms. The van der Waals surface area contributed by atoms with Crippen molar-refractivity contribution in [3.8, 4) is 11.3 Å². The van der Waals surface area contributed by atoms with Gasteiger partial charge < -0.3 is 4.57 Å². The summed E-state index contributed by atoms with van der Waals surface area (Å²) in [7, 11) is 6.72. The second-order valence-corrected chi connectivity index (χ2v) is 8.50. The molecule has 2 heteroatoms. The molecule has 0 aliphatic heterocycles. The van der Waals surface area contributed by atoms with Gasteiger partial charge in [0.2, 0.25) is 0 Å². The Morgan fingerprint density at radius 3 is 2.12 bits per heavy atom. The summed E-state index contributed by atoms with van der Waals surface area (Å²) in [4.78, 5) is 2.40. The molecule has 0 aliphatic carbocycles. The Kier molecular flexibility index (Phi) is 5.93. The third-order valence-corrected chi connectivity index (χ3v) is 6.30. The van der Waals surface area contributed by atoms with Gasteiger partial charge in [0.05, 0.1) is 6.04 Å². The number of hydrogen-bond acceptors (Lipinski definition) is 1. The Balaban J connectivity index is 1.63. The molecule has 5 aromatic rings. The van der Waals surface area contributed by atoms with Gasteiger partial charge in [-0.05, 0) is 40.6 Å². The van der Waals surface area contributed by atoms with Gasteiger partial charge in [0, 0.05) is 13.6 Å². The molecule has 0 fully saturated rings. The van der Waals surface area contributed by atoms with Gasteiger partial charge in [-0.3, -0.25) is 4.90 Å². The molecule has 0 aliphatic rings. The highest BCUT2D eigenvalue weighted by molar-refractivity contribution is 5.95. The highest BCUT2D eigenvalue weighted by Gasteiger charge is 2.23. The van der Waals surface area contributed by atoms with Crippen LogP contribution in [0.3, 0.4) is 0 Å². The van der Waals surface area contributed by atoms with Crippen LogP contribution in [0, 0.1) is 7.05 Å². The van der Waals surface area contributed by atoms with Crippen molar-refractivity contribution >= 4 is 10.8 Å². The van der Waals surface area contributed by atoms with Crippen molar-refractivity contribution in [2.75, 3.05) is 7.05 Å². The van der Waals surface area contributed by atoms with E-state index in [9.17, 15) is 0 Å². The molecule has 1 aromatic heterocycles. The van der Waals surface area contributed by atoms with Crippen molar-refractivity contribution in [1.82, 2.24) is 4.90 Å². The molecule has 4 aromatic carbocycles. The molecule has 2 nitrogen and oxygen atoms in total. The summed E-state index contributed by atoms with van der Waals surface area (Å²) in [6.45, 7) is 0.846. The van der Waals surface area contributed by atoms with E-state index in [-0.39, 0.29) is 6.04 Å². The first kappa shape index (κ1) is 21.0. The zero-order valence-corrected chi connectivity index (χ0v) is 18.9. The lowest BCUT2D eigenvalue weighted by Gasteiger charge is -2.31. The van der Waals surface area contributed by atoms with Gasteiger partial charge >= 0.3 is 0 Å². The molecule has 0 N–H and O–H groups in total. The third kappa shape index (κ3) is 4.26. The van der Waals surface area contributed by atoms with Crippen LogP contribution in [0.25, 0.3) is 22.0 Å². The SMILES string of the molecule is [CH2-][n+]1c(-c2cccc3ccccc23)cccc1C(c1ccccc1)N(C)Cc1ccccc1. The lowest BCUT2D eigenvalue weighted by molar-refractivity contribution is -0.611. The summed E-state index contributed by atoms with van der Waals surface area (Å²) in [6.07, 6.45) is 0. The number of rotatable bonds is 6. The summed E-state index contributed by atoms with van der Waals surface area (Å²) in [5.74, 6) is 0. The average molecular weight is 429 g/mol. The molecule has 162 valence electrons. The number of fused-ring (bicyclic) bond motifs is 1. The first-order chi connectivity index (χ1) is 16.2. The Bertz CT molecular complexity index is 1350. The van der Waals surface area contributed by atoms with Crippen LogP contribution in [-0.4, -0.2) is 11.9 Å². The molecular weight excluding hydrogens is 400 g/mol. The molecule has 0 saturated carbocycles. The second-order valence-electron chi connectivity index (χ2n) is 8.50. The third-order valence-electron chi connectivity index (χ3n) is 6.30. The summed E-state index contributed by atoms with van der Waals surface area (Å²) < 4.78 is 2.11. The smallest absolute Gasteiger partial charge is 0.112 e. The quantitative estimate of drug-likeness (QED) is 0.217. The number of pyridine rings is 1. The fourth-order valence-electron chi connectivity index (χ4n) is 4.73. The Morgan fingerprint density at radius 1 is 0.697 bits per heavy atom. The van der Waals surface area contributed by atoms with Gasteiger partial charge in [0.15, 0.2) is 0 Å². The van der Waals surface area contributed by atoms with Crippen molar-refractivity contribution < 1.29 is 4.57 Å². The van der Waals surface area contributed by atoms with E-state index in [2.05, 4.69) is 145 Å². The van der Waals surface area contributed by atoms with Gasteiger partial charge in [0.1, 0.15) is 11.4 Å². The minimum absolute atomic E-state index is 0.0684. The first-order valence-corrected chi connectivity index (χ1v) is 11.4. The van der Waals surface area contributed by atoms with Gasteiger partial charge in [-0.2, -0.15) is 0 Å². The molecule has 0 saturated heterocycles. The fourth-order valence-corrected chi connectivity index (χ4v) is 4.73. The summed E-state index contributed by atoms with van der Waals surface area (Å²) in [5, 5.41) is 2.48. The molecule has 0 spiro atoms. The highest BCUT2D eigenvalue weighted by Crippen LogP contribution is 2.30. The lowest BCUT2D eigenvalue weighted by atomic mass is 9.98. The second kappa shape index (κ2) is 9.32. The normalized spacial score (nSPS) is 12.2. The average Bonchev–Trinajstić information content (AvgIpc) is 2.86. The Hall–Kier alpha value is -3.88. The van der Waals surface area contributed by atoms with Gasteiger partial charge in [-0.25, -0.2) is 0 Å². The van der Waals surface area contributed by atoms with Gasteiger partial charge in [-0.1, -0.05) is 115 Å². The first-order valence-electron chi connectivity index (χ1n) is 11.4. The maximum absolute atomic E-state index is 4.53. The van der Waals surface area contributed by atoms with Crippen LogP contribution in [0.4, 0.5) is 0 Å². The zero-order valence-electron chi connectivity index (χ0n) is 18.9. The Morgan fingerprint density at radius 2 is 1.33 bits per heavy atom. The van der Waals surface area contributed by atoms with Crippen LogP contribution in [0.15, 0.2) is 121 Å². The minimum atomic E-state index is 0.0684. The maximum atomic E-state index is 4.53. The van der Waals surface area contributed by atoms with Gasteiger partial charge in [-0.15, -0.1) is 0 Å². The molecule has 1 heterocycles. The Labute approximate surface area is 196 Å². The number of nitrogens with zero attached hydrogens (tertiary/aromatic N) is 2. The zero-order chi connectivity index (χ0) is 22.6. The molecule has 0 radical (unpaired) electrons. The van der Waals surface area contributed by atoms with E-state index in [0.29, 0.717) is 0 Å². The van der Waals surface area contributed by atoms with E-state index in [1.54, 1.807) is 0 Å². The predicted molar refractivity (Wildman–Crippen MR) is 137 cm³/mol. The van der Waals surface area contributed by atoms with Crippen molar-refractivity contribution in [3.05, 3.63) is 145 Å². The van der Waals surface area contributed by atoms with E-state index in [1.165, 1.54) is 27.5 Å². The van der Waals surface area contributed by atoms with Crippen LogP contribution < -0.4 is 4.57 Å². The monoisotopic (exact) mass is 428 g/mol. The number of hydrogen-bond donors (Lipinski definition) is 0. The van der Waals surface area contributed by atoms with E-state index in [1.807, 2.05) is 0 Å². The van der Waals surface area contributed by atoms with Crippen molar-refractivity contribution in [1.29, 1.82) is 0 Å². The van der Waals surface area contributed by atoms with Crippen LogP contribution in [0.5, 0.6) is 0 Å². The van der Waals surface area contributed by atoms with Crippen molar-refractivity contribution in [2.45, 2.75) is 12.6 Å². The number of benzene rings is 4. The molecule has 33 heavy (non-hydrogen) atoms. The van der Waals surface area contributed by atoms with Crippen LogP contribution in [-0.2, 0) is 6.54 Å². The van der Waals surface area contributed by atoms with E-state index >= 15 is 0 Å². The molecule has 1 atom stereocenters. The lowest BCUT2D eigenvalue weighted by Crippen LogP contribution is -2.40. The van der Waals surface area contributed by atoms with E-state index in [0.717, 1.165) is 17.9 Å². The topological polar surface area (TPSA) is 7.12 Å². The molecule has 5 rings (SSSR count). The van der Waals surface area contributed by atoms with Crippen LogP contribution >= 0.6 is 0 Å². The molecule has 1 unspecified atom stereocenters. The molecular formula is C31H28N2. The largest absolute Gasteiger partial charge is 0.329 e. The van der Waals surface area contributed by atoms with Crippen molar-refractivity contribution in [2.24, 2.45) is 0 Å². The standard InChI is InChI=1S/C31H28N2/c1-32(23-24-13-5-3-6-14-24)31(26-16-7-4-8-17-26)30-22-12-21-29(33(30)2)28-20-11-18-25-15-9-10-19-27(25)28/h3-22,31H,2,23H2,1H3.